The minimum atomic E-state index is -0.0572. The largest absolute Gasteiger partial charge is 0.508 e. The van der Waals surface area contributed by atoms with Gasteiger partial charge in [-0.25, -0.2) is 9.78 Å². The van der Waals surface area contributed by atoms with Crippen molar-refractivity contribution in [2.75, 3.05) is 31.1 Å². The summed E-state index contributed by atoms with van der Waals surface area (Å²) < 4.78 is 1.70. The van der Waals surface area contributed by atoms with Crippen LogP contribution in [0.1, 0.15) is 6.92 Å². The summed E-state index contributed by atoms with van der Waals surface area (Å²) in [6, 6.07) is 7.12. The van der Waals surface area contributed by atoms with Crippen molar-refractivity contribution >= 4 is 11.7 Å². The number of carbonyl (C=O) groups excluding carboxylic acids is 1. The highest BCUT2D eigenvalue weighted by molar-refractivity contribution is 5.74. The molecular formula is C16H22N6O2. The van der Waals surface area contributed by atoms with Gasteiger partial charge in [-0.3, -0.25) is 4.68 Å². The number of anilines is 1. The summed E-state index contributed by atoms with van der Waals surface area (Å²) in [7, 11) is 0. The number of piperazine rings is 1. The number of carbonyl (C=O) groups is 1. The molecule has 8 nitrogen and oxygen atoms in total. The van der Waals surface area contributed by atoms with E-state index in [0.717, 1.165) is 18.8 Å². The van der Waals surface area contributed by atoms with Gasteiger partial charge < -0.3 is 20.2 Å². The van der Waals surface area contributed by atoms with Crippen LogP contribution >= 0.6 is 0 Å². The number of amides is 2. The van der Waals surface area contributed by atoms with Gasteiger partial charge in [-0.05, 0) is 19.1 Å². The minimum absolute atomic E-state index is 0.0247. The van der Waals surface area contributed by atoms with Gasteiger partial charge in [0, 0.05) is 44.0 Å². The van der Waals surface area contributed by atoms with E-state index in [1.807, 2.05) is 24.0 Å². The molecule has 1 aromatic heterocycles. The van der Waals surface area contributed by atoms with E-state index in [9.17, 15) is 9.90 Å². The molecule has 1 unspecified atom stereocenters. The van der Waals surface area contributed by atoms with E-state index in [1.165, 1.54) is 6.33 Å². The first-order chi connectivity index (χ1) is 11.6. The second kappa shape index (κ2) is 7.20. The van der Waals surface area contributed by atoms with Crippen LogP contribution in [0.2, 0.25) is 0 Å². The summed E-state index contributed by atoms with van der Waals surface area (Å²) in [5.41, 5.74) is 0.981. The zero-order valence-electron chi connectivity index (χ0n) is 13.7. The number of hydrogen-bond donors (Lipinski definition) is 2. The number of nitrogens with one attached hydrogen (secondary N) is 1. The zero-order chi connectivity index (χ0) is 16.9. The molecule has 3 rings (SSSR count). The fraction of sp³-hybridized carbons (Fsp3) is 0.438. The third kappa shape index (κ3) is 3.95. The molecule has 1 atom stereocenters. The summed E-state index contributed by atoms with van der Waals surface area (Å²) in [6.07, 6.45) is 3.12. The van der Waals surface area contributed by atoms with Crippen molar-refractivity contribution in [1.29, 1.82) is 0 Å². The summed E-state index contributed by atoms with van der Waals surface area (Å²) in [5, 5.41) is 16.6. The number of aromatic nitrogens is 3. The van der Waals surface area contributed by atoms with E-state index in [-0.39, 0.29) is 17.8 Å². The summed E-state index contributed by atoms with van der Waals surface area (Å²) in [5.74, 6) is 0.259. The number of urea groups is 1. The van der Waals surface area contributed by atoms with Crippen molar-refractivity contribution in [3.63, 3.8) is 0 Å². The second-order valence-electron chi connectivity index (χ2n) is 5.96. The lowest BCUT2D eigenvalue weighted by atomic mass is 10.2. The molecule has 0 spiro atoms. The maximum absolute atomic E-state index is 12.3. The van der Waals surface area contributed by atoms with Crippen molar-refractivity contribution in [3.8, 4) is 5.75 Å². The Bertz CT molecular complexity index is 667. The monoisotopic (exact) mass is 330 g/mol. The van der Waals surface area contributed by atoms with Gasteiger partial charge in [-0.15, -0.1) is 0 Å². The Balaban J connectivity index is 1.48. The van der Waals surface area contributed by atoms with E-state index in [2.05, 4.69) is 20.3 Å². The molecule has 2 amide bonds. The molecule has 2 heterocycles. The Hall–Kier alpha value is -2.77. The molecule has 2 aromatic rings. The molecule has 24 heavy (non-hydrogen) atoms. The van der Waals surface area contributed by atoms with Gasteiger partial charge in [0.25, 0.3) is 0 Å². The Morgan fingerprint density at radius 3 is 2.79 bits per heavy atom. The van der Waals surface area contributed by atoms with Crippen LogP contribution in [0.3, 0.4) is 0 Å². The average Bonchev–Trinajstić information content (AvgIpc) is 3.07. The van der Waals surface area contributed by atoms with Crippen molar-refractivity contribution in [2.24, 2.45) is 0 Å². The number of hydrogen-bond acceptors (Lipinski definition) is 5. The van der Waals surface area contributed by atoms with Crippen molar-refractivity contribution in [1.82, 2.24) is 25.0 Å². The number of benzene rings is 1. The fourth-order valence-corrected chi connectivity index (χ4v) is 2.81. The van der Waals surface area contributed by atoms with Gasteiger partial charge in [-0.2, -0.15) is 5.10 Å². The molecule has 8 heteroatoms. The first-order valence-corrected chi connectivity index (χ1v) is 8.03. The van der Waals surface area contributed by atoms with Gasteiger partial charge in [0.2, 0.25) is 0 Å². The zero-order valence-corrected chi connectivity index (χ0v) is 13.7. The molecule has 2 N–H and O–H groups in total. The van der Waals surface area contributed by atoms with Crippen molar-refractivity contribution in [3.05, 3.63) is 36.9 Å². The molecule has 1 aromatic carbocycles. The third-order valence-corrected chi connectivity index (χ3v) is 4.06. The quantitative estimate of drug-likeness (QED) is 0.870. The molecule has 128 valence electrons. The minimum Gasteiger partial charge on any atom is -0.508 e. The van der Waals surface area contributed by atoms with Gasteiger partial charge in [0.1, 0.15) is 18.4 Å². The van der Waals surface area contributed by atoms with Crippen LogP contribution in [0.15, 0.2) is 36.9 Å². The summed E-state index contributed by atoms with van der Waals surface area (Å²) in [6.45, 7) is 5.33. The Morgan fingerprint density at radius 2 is 2.12 bits per heavy atom. The molecule has 0 aliphatic carbocycles. The van der Waals surface area contributed by atoms with Gasteiger partial charge in [0.15, 0.2) is 0 Å². The van der Waals surface area contributed by atoms with Crippen LogP contribution in [-0.4, -0.2) is 63.0 Å². The van der Waals surface area contributed by atoms with Crippen LogP contribution in [0.4, 0.5) is 10.5 Å². The third-order valence-electron chi connectivity index (χ3n) is 4.06. The molecule has 1 aliphatic heterocycles. The second-order valence-corrected chi connectivity index (χ2v) is 5.96. The Labute approximate surface area is 140 Å². The first kappa shape index (κ1) is 16.1. The SMILES string of the molecule is CC(Cn1cncn1)NC(=O)N1CCN(c2cccc(O)c2)CC1. The fourth-order valence-electron chi connectivity index (χ4n) is 2.81. The van der Waals surface area contributed by atoms with Crippen molar-refractivity contribution in [2.45, 2.75) is 19.5 Å². The van der Waals surface area contributed by atoms with E-state index >= 15 is 0 Å². The van der Waals surface area contributed by atoms with E-state index in [1.54, 1.807) is 23.1 Å². The molecule has 1 fully saturated rings. The van der Waals surface area contributed by atoms with Crippen LogP contribution in [-0.2, 0) is 6.54 Å². The van der Waals surface area contributed by atoms with Crippen LogP contribution < -0.4 is 10.2 Å². The topological polar surface area (TPSA) is 86.5 Å². The van der Waals surface area contributed by atoms with Gasteiger partial charge in [0.05, 0.1) is 6.54 Å². The van der Waals surface area contributed by atoms with Gasteiger partial charge in [-0.1, -0.05) is 6.07 Å². The van der Waals surface area contributed by atoms with E-state index in [4.69, 9.17) is 0 Å². The molecule has 0 bridgehead atoms. The average molecular weight is 330 g/mol. The highest BCUT2D eigenvalue weighted by Crippen LogP contribution is 2.21. The Kier molecular flexibility index (Phi) is 4.83. The van der Waals surface area contributed by atoms with Crippen LogP contribution in [0, 0.1) is 0 Å². The number of rotatable bonds is 4. The van der Waals surface area contributed by atoms with Crippen molar-refractivity contribution < 1.29 is 9.90 Å². The highest BCUT2D eigenvalue weighted by atomic mass is 16.3. The van der Waals surface area contributed by atoms with Gasteiger partial charge >= 0.3 is 6.03 Å². The normalized spacial score (nSPS) is 16.0. The lowest BCUT2D eigenvalue weighted by Gasteiger charge is -2.36. The maximum Gasteiger partial charge on any atom is 0.317 e. The standard InChI is InChI=1S/C16H22N6O2/c1-13(10-22-12-17-11-18-22)19-16(24)21-7-5-20(6-8-21)14-3-2-4-15(23)9-14/h2-4,9,11-13,23H,5-8,10H2,1H3,(H,19,24). The highest BCUT2D eigenvalue weighted by Gasteiger charge is 2.22. The first-order valence-electron chi connectivity index (χ1n) is 8.03. The lowest BCUT2D eigenvalue weighted by molar-refractivity contribution is 0.189. The predicted octanol–water partition coefficient (Wildman–Crippen LogP) is 0.904. The molecule has 0 saturated carbocycles. The Morgan fingerprint density at radius 1 is 1.33 bits per heavy atom. The predicted molar refractivity (Wildman–Crippen MR) is 89.9 cm³/mol. The molecule has 0 radical (unpaired) electrons. The number of phenolic OH excluding ortho intramolecular Hbond substituents is 1. The van der Waals surface area contributed by atoms with E-state index in [0.29, 0.717) is 19.6 Å². The number of nitrogens with zero attached hydrogens (tertiary/aromatic N) is 5. The summed E-state index contributed by atoms with van der Waals surface area (Å²) >= 11 is 0. The number of aromatic hydroxyl groups is 1. The molecule has 1 aliphatic rings. The smallest absolute Gasteiger partial charge is 0.317 e. The lowest BCUT2D eigenvalue weighted by Crippen LogP contribution is -2.53. The van der Waals surface area contributed by atoms with Crippen LogP contribution in [0.5, 0.6) is 5.75 Å². The summed E-state index contributed by atoms with van der Waals surface area (Å²) in [4.78, 5) is 20.2. The van der Waals surface area contributed by atoms with Crippen LogP contribution in [0.25, 0.3) is 0 Å². The number of phenols is 1. The molecule has 1 saturated heterocycles. The van der Waals surface area contributed by atoms with E-state index < -0.39 is 0 Å². The molecular weight excluding hydrogens is 308 g/mol. The maximum atomic E-state index is 12.3.